The Labute approximate surface area is 199 Å². The molecule has 1 amide bonds. The number of carbonyl (C=O) groups is 1. The van der Waals surface area contributed by atoms with Crippen LogP contribution in [0.25, 0.3) is 0 Å². The molecule has 0 aliphatic carbocycles. The van der Waals surface area contributed by atoms with E-state index < -0.39 is 0 Å². The van der Waals surface area contributed by atoms with Crippen molar-refractivity contribution in [1.29, 1.82) is 0 Å². The number of hydrogen-bond acceptors (Lipinski definition) is 7. The topological polar surface area (TPSA) is 87.9 Å². The summed E-state index contributed by atoms with van der Waals surface area (Å²) in [5.74, 6) is 2.24. The smallest absolute Gasteiger partial charge is 0.254 e. The minimum absolute atomic E-state index is 0.0716. The summed E-state index contributed by atoms with van der Waals surface area (Å²) in [6.45, 7) is 8.49. The second kappa shape index (κ2) is 10.9. The van der Waals surface area contributed by atoms with Crippen molar-refractivity contribution in [2.45, 2.75) is 33.4 Å². The summed E-state index contributed by atoms with van der Waals surface area (Å²) >= 11 is 0. The molecule has 0 spiro atoms. The van der Waals surface area contributed by atoms with Crippen molar-refractivity contribution in [2.24, 2.45) is 0 Å². The summed E-state index contributed by atoms with van der Waals surface area (Å²) in [7, 11) is 0. The maximum absolute atomic E-state index is 13.2. The maximum Gasteiger partial charge on any atom is 0.254 e. The van der Waals surface area contributed by atoms with Crippen LogP contribution in [-0.4, -0.2) is 58.7 Å². The van der Waals surface area contributed by atoms with Gasteiger partial charge in [-0.25, -0.2) is 4.68 Å². The highest BCUT2D eigenvalue weighted by Crippen LogP contribution is 2.40. The Bertz CT molecular complexity index is 1070. The van der Waals surface area contributed by atoms with E-state index in [1.807, 2.05) is 57.3 Å². The third-order valence-corrected chi connectivity index (χ3v) is 5.37. The second-order valence-corrected chi connectivity index (χ2v) is 7.76. The first-order valence-corrected chi connectivity index (χ1v) is 11.6. The molecule has 0 N–H and O–H groups in total. The van der Waals surface area contributed by atoms with Gasteiger partial charge in [0.1, 0.15) is 18.1 Å². The van der Waals surface area contributed by atoms with Gasteiger partial charge in [0, 0.05) is 18.7 Å². The van der Waals surface area contributed by atoms with Crippen LogP contribution in [-0.2, 0) is 6.61 Å². The summed E-state index contributed by atoms with van der Waals surface area (Å²) in [4.78, 5) is 14.9. The van der Waals surface area contributed by atoms with Crippen molar-refractivity contribution < 1.29 is 23.7 Å². The molecule has 180 valence electrons. The molecule has 1 saturated heterocycles. The Kier molecular flexibility index (Phi) is 7.51. The summed E-state index contributed by atoms with van der Waals surface area (Å²) in [5, 5.41) is 8.41. The minimum Gasteiger partial charge on any atom is -0.490 e. The predicted molar refractivity (Wildman–Crippen MR) is 126 cm³/mol. The van der Waals surface area contributed by atoms with E-state index in [2.05, 4.69) is 10.3 Å². The minimum atomic E-state index is -0.0889. The van der Waals surface area contributed by atoms with E-state index in [-0.39, 0.29) is 11.9 Å². The van der Waals surface area contributed by atoms with Gasteiger partial charge in [-0.1, -0.05) is 23.4 Å². The SMILES string of the molecule is CCOc1cc(C(=O)N2CC(n3cc(COc4ccccc4)nn3)C2)cc(OCC)c1OCC. The van der Waals surface area contributed by atoms with Crippen LogP contribution >= 0.6 is 0 Å². The number of hydrogen-bond donors (Lipinski definition) is 0. The fraction of sp³-hybridized carbons (Fsp3) is 0.400. The largest absolute Gasteiger partial charge is 0.490 e. The zero-order chi connectivity index (χ0) is 23.9. The van der Waals surface area contributed by atoms with Gasteiger partial charge in [-0.2, -0.15) is 0 Å². The van der Waals surface area contributed by atoms with Gasteiger partial charge in [-0.3, -0.25) is 4.79 Å². The van der Waals surface area contributed by atoms with Crippen molar-refractivity contribution in [1.82, 2.24) is 19.9 Å². The summed E-state index contributed by atoms with van der Waals surface area (Å²) in [6, 6.07) is 13.1. The second-order valence-electron chi connectivity index (χ2n) is 7.76. The molecule has 9 heteroatoms. The number of benzene rings is 2. The standard InChI is InChI=1S/C25H30N4O5/c1-4-31-22-12-18(13-23(32-5-2)24(22)33-6-3)25(30)28-15-20(16-28)29-14-19(26-27-29)17-34-21-10-8-7-9-11-21/h7-14,20H,4-6,15-17H2,1-3H3. The molecule has 1 aromatic heterocycles. The maximum atomic E-state index is 13.2. The molecule has 2 heterocycles. The molecular weight excluding hydrogens is 436 g/mol. The highest BCUT2D eigenvalue weighted by atomic mass is 16.5. The number of para-hydroxylation sites is 1. The average molecular weight is 467 g/mol. The summed E-state index contributed by atoms with van der Waals surface area (Å²) in [5.41, 5.74) is 1.24. The summed E-state index contributed by atoms with van der Waals surface area (Å²) in [6.07, 6.45) is 1.87. The van der Waals surface area contributed by atoms with Crippen molar-refractivity contribution in [3.63, 3.8) is 0 Å². The fourth-order valence-electron chi connectivity index (χ4n) is 3.72. The van der Waals surface area contributed by atoms with Crippen LogP contribution in [0.3, 0.4) is 0 Å². The Morgan fingerprint density at radius 2 is 1.59 bits per heavy atom. The van der Waals surface area contributed by atoms with E-state index in [0.717, 1.165) is 11.4 Å². The lowest BCUT2D eigenvalue weighted by atomic mass is 10.1. The first-order valence-electron chi connectivity index (χ1n) is 11.6. The molecule has 2 aromatic carbocycles. The van der Waals surface area contributed by atoms with E-state index in [9.17, 15) is 4.79 Å². The van der Waals surface area contributed by atoms with Crippen molar-refractivity contribution in [3.8, 4) is 23.0 Å². The van der Waals surface area contributed by atoms with Gasteiger partial charge in [0.25, 0.3) is 5.91 Å². The van der Waals surface area contributed by atoms with Crippen LogP contribution in [0.4, 0.5) is 0 Å². The van der Waals surface area contributed by atoms with E-state index >= 15 is 0 Å². The van der Waals surface area contributed by atoms with Gasteiger partial charge < -0.3 is 23.8 Å². The van der Waals surface area contributed by atoms with Gasteiger partial charge >= 0.3 is 0 Å². The zero-order valence-electron chi connectivity index (χ0n) is 19.8. The molecule has 0 radical (unpaired) electrons. The average Bonchev–Trinajstić information content (AvgIpc) is 3.28. The Morgan fingerprint density at radius 3 is 2.21 bits per heavy atom. The molecule has 4 rings (SSSR count). The van der Waals surface area contributed by atoms with Crippen LogP contribution in [0.15, 0.2) is 48.7 Å². The number of rotatable bonds is 11. The van der Waals surface area contributed by atoms with Crippen LogP contribution < -0.4 is 18.9 Å². The first-order chi connectivity index (χ1) is 16.6. The molecule has 0 atom stereocenters. The van der Waals surface area contributed by atoms with E-state index in [4.69, 9.17) is 18.9 Å². The summed E-state index contributed by atoms with van der Waals surface area (Å²) < 4.78 is 24.7. The normalized spacial score (nSPS) is 13.3. The Hall–Kier alpha value is -3.75. The number of nitrogens with zero attached hydrogens (tertiary/aromatic N) is 4. The lowest BCUT2D eigenvalue weighted by Crippen LogP contribution is -2.50. The Balaban J connectivity index is 1.40. The molecule has 0 bridgehead atoms. The molecule has 1 fully saturated rings. The third kappa shape index (κ3) is 5.24. The molecule has 3 aromatic rings. The lowest BCUT2D eigenvalue weighted by molar-refractivity contribution is 0.0497. The predicted octanol–water partition coefficient (Wildman–Crippen LogP) is 3.75. The van der Waals surface area contributed by atoms with Crippen LogP contribution in [0.1, 0.15) is 42.9 Å². The molecule has 1 aliphatic heterocycles. The first kappa shape index (κ1) is 23.4. The quantitative estimate of drug-likeness (QED) is 0.425. The molecule has 9 nitrogen and oxygen atoms in total. The van der Waals surface area contributed by atoms with Crippen molar-refractivity contribution in [3.05, 3.63) is 59.9 Å². The molecular formula is C25H30N4O5. The van der Waals surface area contributed by atoms with Crippen molar-refractivity contribution in [2.75, 3.05) is 32.9 Å². The Morgan fingerprint density at radius 1 is 0.941 bits per heavy atom. The van der Waals surface area contributed by atoms with Gasteiger partial charge in [-0.15, -0.1) is 5.10 Å². The number of ether oxygens (including phenoxy) is 4. The zero-order valence-corrected chi connectivity index (χ0v) is 19.8. The highest BCUT2D eigenvalue weighted by Gasteiger charge is 2.34. The lowest BCUT2D eigenvalue weighted by Gasteiger charge is -2.39. The van der Waals surface area contributed by atoms with Gasteiger partial charge in [0.05, 0.1) is 32.1 Å². The van der Waals surface area contributed by atoms with E-state index in [0.29, 0.717) is 62.3 Å². The van der Waals surface area contributed by atoms with Crippen LogP contribution in [0.2, 0.25) is 0 Å². The third-order valence-electron chi connectivity index (χ3n) is 5.37. The van der Waals surface area contributed by atoms with E-state index in [1.165, 1.54) is 0 Å². The number of aromatic nitrogens is 3. The molecule has 1 aliphatic rings. The highest BCUT2D eigenvalue weighted by molar-refractivity contribution is 5.96. The number of amides is 1. The van der Waals surface area contributed by atoms with Gasteiger partial charge in [0.2, 0.25) is 5.75 Å². The fourth-order valence-corrected chi connectivity index (χ4v) is 3.72. The molecule has 34 heavy (non-hydrogen) atoms. The number of likely N-dealkylation sites (tertiary alicyclic amines) is 1. The van der Waals surface area contributed by atoms with Gasteiger partial charge in [-0.05, 0) is 45.0 Å². The van der Waals surface area contributed by atoms with Crippen LogP contribution in [0.5, 0.6) is 23.0 Å². The molecule has 0 saturated carbocycles. The van der Waals surface area contributed by atoms with E-state index in [1.54, 1.807) is 21.7 Å². The number of carbonyl (C=O) groups excluding carboxylic acids is 1. The monoisotopic (exact) mass is 466 g/mol. The van der Waals surface area contributed by atoms with Gasteiger partial charge in [0.15, 0.2) is 11.5 Å². The van der Waals surface area contributed by atoms with Crippen LogP contribution in [0, 0.1) is 0 Å². The van der Waals surface area contributed by atoms with Crippen molar-refractivity contribution >= 4 is 5.91 Å². The molecule has 0 unspecified atom stereocenters.